The standard InChI is InChI=1S/C11H11F3O2/c1-7-5-9(11(12,13)14)4-3-8(7)6-10(15)16-2/h3-5H,6H2,1-2H3. The van der Waals surface area contributed by atoms with E-state index in [-0.39, 0.29) is 6.42 Å². The van der Waals surface area contributed by atoms with Gasteiger partial charge in [-0.1, -0.05) is 6.07 Å². The van der Waals surface area contributed by atoms with E-state index < -0.39 is 17.7 Å². The third-order valence-corrected chi connectivity index (χ3v) is 2.23. The second-order valence-corrected chi connectivity index (χ2v) is 3.39. The van der Waals surface area contributed by atoms with E-state index in [9.17, 15) is 18.0 Å². The Morgan fingerprint density at radius 2 is 2.00 bits per heavy atom. The van der Waals surface area contributed by atoms with Gasteiger partial charge in [0.05, 0.1) is 19.1 Å². The number of esters is 1. The van der Waals surface area contributed by atoms with E-state index in [1.807, 2.05) is 0 Å². The molecule has 0 saturated heterocycles. The molecule has 1 aromatic rings. The van der Waals surface area contributed by atoms with Gasteiger partial charge in [0.15, 0.2) is 0 Å². The maximum atomic E-state index is 12.3. The number of hydrogen-bond donors (Lipinski definition) is 0. The molecule has 0 bridgehead atoms. The molecular formula is C11H11F3O2. The summed E-state index contributed by atoms with van der Waals surface area (Å²) in [5.41, 5.74) is 0.263. The van der Waals surface area contributed by atoms with Gasteiger partial charge >= 0.3 is 12.1 Å². The first-order chi connectivity index (χ1) is 7.34. The first-order valence-corrected chi connectivity index (χ1v) is 4.58. The summed E-state index contributed by atoms with van der Waals surface area (Å²) in [4.78, 5) is 11.0. The van der Waals surface area contributed by atoms with Crippen LogP contribution in [0.2, 0.25) is 0 Å². The van der Waals surface area contributed by atoms with Crippen molar-refractivity contribution in [2.75, 3.05) is 7.11 Å². The molecule has 5 heteroatoms. The summed E-state index contributed by atoms with van der Waals surface area (Å²) in [5, 5.41) is 0. The fourth-order valence-electron chi connectivity index (χ4n) is 1.30. The molecule has 0 atom stereocenters. The van der Waals surface area contributed by atoms with Gasteiger partial charge in [0, 0.05) is 0 Å². The molecule has 88 valence electrons. The molecule has 16 heavy (non-hydrogen) atoms. The van der Waals surface area contributed by atoms with Crippen LogP contribution in [0.25, 0.3) is 0 Å². The lowest BCUT2D eigenvalue weighted by Crippen LogP contribution is -2.09. The van der Waals surface area contributed by atoms with Crippen molar-refractivity contribution >= 4 is 5.97 Å². The number of carbonyl (C=O) groups is 1. The summed E-state index contributed by atoms with van der Waals surface area (Å²) < 4.78 is 41.5. The summed E-state index contributed by atoms with van der Waals surface area (Å²) in [7, 11) is 1.24. The van der Waals surface area contributed by atoms with Crippen LogP contribution in [0.4, 0.5) is 13.2 Å². The summed E-state index contributed by atoms with van der Waals surface area (Å²) in [6, 6.07) is 3.29. The van der Waals surface area contributed by atoms with Gasteiger partial charge in [-0.05, 0) is 30.2 Å². The molecule has 0 unspecified atom stereocenters. The summed E-state index contributed by atoms with van der Waals surface area (Å²) in [5.74, 6) is -0.470. The van der Waals surface area contributed by atoms with E-state index in [0.29, 0.717) is 11.1 Å². The Morgan fingerprint density at radius 3 is 2.44 bits per heavy atom. The third kappa shape index (κ3) is 2.98. The van der Waals surface area contributed by atoms with Crippen molar-refractivity contribution in [3.8, 4) is 0 Å². The van der Waals surface area contributed by atoms with Crippen LogP contribution in [0.5, 0.6) is 0 Å². The second-order valence-electron chi connectivity index (χ2n) is 3.39. The van der Waals surface area contributed by atoms with Gasteiger partial charge < -0.3 is 4.74 Å². The fourth-order valence-corrected chi connectivity index (χ4v) is 1.30. The average Bonchev–Trinajstić information content (AvgIpc) is 2.19. The first kappa shape index (κ1) is 12.5. The van der Waals surface area contributed by atoms with Gasteiger partial charge in [-0.25, -0.2) is 0 Å². The van der Waals surface area contributed by atoms with E-state index >= 15 is 0 Å². The van der Waals surface area contributed by atoms with Gasteiger partial charge in [-0.2, -0.15) is 13.2 Å². The largest absolute Gasteiger partial charge is 0.469 e. The Labute approximate surface area is 91.0 Å². The lowest BCUT2D eigenvalue weighted by molar-refractivity contribution is -0.139. The van der Waals surface area contributed by atoms with E-state index in [0.717, 1.165) is 12.1 Å². The van der Waals surface area contributed by atoms with Crippen molar-refractivity contribution < 1.29 is 22.7 Å². The van der Waals surface area contributed by atoms with Crippen LogP contribution >= 0.6 is 0 Å². The number of rotatable bonds is 2. The van der Waals surface area contributed by atoms with Crippen LogP contribution in [-0.2, 0) is 22.1 Å². The van der Waals surface area contributed by atoms with Crippen molar-refractivity contribution in [2.24, 2.45) is 0 Å². The predicted molar refractivity (Wildman–Crippen MR) is 51.9 cm³/mol. The smallest absolute Gasteiger partial charge is 0.416 e. The van der Waals surface area contributed by atoms with Crippen LogP contribution in [0.3, 0.4) is 0 Å². The molecule has 0 aliphatic carbocycles. The van der Waals surface area contributed by atoms with Crippen molar-refractivity contribution in [3.63, 3.8) is 0 Å². The number of halogens is 3. The zero-order valence-corrected chi connectivity index (χ0v) is 8.89. The molecule has 0 fully saturated rings. The molecule has 1 aromatic carbocycles. The zero-order chi connectivity index (χ0) is 12.3. The van der Waals surface area contributed by atoms with Crippen LogP contribution in [0.15, 0.2) is 18.2 Å². The van der Waals surface area contributed by atoms with E-state index in [1.54, 1.807) is 0 Å². The van der Waals surface area contributed by atoms with Crippen molar-refractivity contribution in [2.45, 2.75) is 19.5 Å². The van der Waals surface area contributed by atoms with E-state index in [1.165, 1.54) is 20.1 Å². The Hall–Kier alpha value is -1.52. The normalized spacial score (nSPS) is 11.3. The second kappa shape index (κ2) is 4.55. The number of aryl methyl sites for hydroxylation is 1. The van der Waals surface area contributed by atoms with Crippen molar-refractivity contribution in [1.29, 1.82) is 0 Å². The minimum absolute atomic E-state index is 0.0134. The van der Waals surface area contributed by atoms with Crippen LogP contribution in [-0.4, -0.2) is 13.1 Å². The van der Waals surface area contributed by atoms with Crippen molar-refractivity contribution in [3.05, 3.63) is 34.9 Å². The number of benzene rings is 1. The maximum Gasteiger partial charge on any atom is 0.416 e. The number of alkyl halides is 3. The molecule has 0 aliphatic rings. The number of hydrogen-bond acceptors (Lipinski definition) is 2. The lowest BCUT2D eigenvalue weighted by Gasteiger charge is -2.10. The number of carbonyl (C=O) groups excluding carboxylic acids is 1. The molecule has 0 aliphatic heterocycles. The van der Waals surface area contributed by atoms with Crippen LogP contribution < -0.4 is 0 Å². The minimum atomic E-state index is -4.35. The zero-order valence-electron chi connectivity index (χ0n) is 8.89. The van der Waals surface area contributed by atoms with Gasteiger partial charge in [-0.3, -0.25) is 4.79 Å². The highest BCUT2D eigenvalue weighted by Gasteiger charge is 2.30. The lowest BCUT2D eigenvalue weighted by atomic mass is 10.0. The highest BCUT2D eigenvalue weighted by Crippen LogP contribution is 2.30. The van der Waals surface area contributed by atoms with Gasteiger partial charge in [0.25, 0.3) is 0 Å². The number of methoxy groups -OCH3 is 1. The Balaban J connectivity index is 2.96. The van der Waals surface area contributed by atoms with Gasteiger partial charge in [0.1, 0.15) is 0 Å². The van der Waals surface area contributed by atoms with Crippen molar-refractivity contribution in [1.82, 2.24) is 0 Å². The summed E-state index contributed by atoms with van der Waals surface area (Å²) in [6.45, 7) is 1.54. The van der Waals surface area contributed by atoms with Crippen LogP contribution in [0.1, 0.15) is 16.7 Å². The molecule has 0 aromatic heterocycles. The molecule has 0 amide bonds. The van der Waals surface area contributed by atoms with E-state index in [4.69, 9.17) is 0 Å². The summed E-state index contributed by atoms with van der Waals surface area (Å²) in [6.07, 6.45) is -4.37. The molecular weight excluding hydrogens is 221 g/mol. The molecule has 0 spiro atoms. The SMILES string of the molecule is COC(=O)Cc1ccc(C(F)(F)F)cc1C. The van der Waals surface area contributed by atoms with E-state index in [2.05, 4.69) is 4.74 Å². The molecule has 0 radical (unpaired) electrons. The Bertz CT molecular complexity index is 397. The number of ether oxygens (including phenoxy) is 1. The quantitative estimate of drug-likeness (QED) is 0.733. The monoisotopic (exact) mass is 232 g/mol. The van der Waals surface area contributed by atoms with Crippen LogP contribution in [0, 0.1) is 6.92 Å². The molecule has 1 rings (SSSR count). The molecule has 0 saturated carbocycles. The highest BCUT2D eigenvalue weighted by molar-refractivity contribution is 5.72. The average molecular weight is 232 g/mol. The predicted octanol–water partition coefficient (Wildman–Crippen LogP) is 2.73. The summed E-state index contributed by atoms with van der Waals surface area (Å²) >= 11 is 0. The Kier molecular flexibility index (Phi) is 3.57. The highest BCUT2D eigenvalue weighted by atomic mass is 19.4. The minimum Gasteiger partial charge on any atom is -0.469 e. The first-order valence-electron chi connectivity index (χ1n) is 4.58. The fraction of sp³-hybridized carbons (Fsp3) is 0.364. The molecule has 2 nitrogen and oxygen atoms in total. The maximum absolute atomic E-state index is 12.3. The molecule has 0 heterocycles. The third-order valence-electron chi connectivity index (χ3n) is 2.23. The molecule has 0 N–H and O–H groups in total. The van der Waals surface area contributed by atoms with Gasteiger partial charge in [-0.15, -0.1) is 0 Å². The Morgan fingerprint density at radius 1 is 1.38 bits per heavy atom. The topological polar surface area (TPSA) is 26.3 Å². The van der Waals surface area contributed by atoms with Gasteiger partial charge in [0.2, 0.25) is 0 Å².